The van der Waals surface area contributed by atoms with E-state index < -0.39 is 5.97 Å². The quantitative estimate of drug-likeness (QED) is 0.265. The normalized spacial score (nSPS) is 11.6. The third-order valence-corrected chi connectivity index (χ3v) is 5.68. The minimum absolute atomic E-state index is 0.306. The number of nitriles is 1. The van der Waals surface area contributed by atoms with Crippen LogP contribution >= 0.6 is 0 Å². The molecule has 0 N–H and O–H groups in total. The Hall–Kier alpha value is -3.38. The van der Waals surface area contributed by atoms with Crippen molar-refractivity contribution >= 4 is 5.97 Å². The first-order valence-electron chi connectivity index (χ1n) is 11.5. The van der Waals surface area contributed by atoms with Gasteiger partial charge in [-0.3, -0.25) is 0 Å². The molecule has 164 valence electrons. The zero-order valence-corrected chi connectivity index (χ0v) is 19.2. The first-order valence-corrected chi connectivity index (χ1v) is 11.5. The van der Waals surface area contributed by atoms with Crippen molar-refractivity contribution in [3.05, 3.63) is 89.0 Å². The van der Waals surface area contributed by atoms with E-state index in [2.05, 4.69) is 51.1 Å². The summed E-state index contributed by atoms with van der Waals surface area (Å²) in [7, 11) is 0. The van der Waals surface area contributed by atoms with E-state index in [1.807, 2.05) is 24.3 Å². The fourth-order valence-electron chi connectivity index (χ4n) is 3.99. The van der Waals surface area contributed by atoms with Gasteiger partial charge in [-0.25, -0.2) is 4.79 Å². The molecule has 0 heterocycles. The summed E-state index contributed by atoms with van der Waals surface area (Å²) in [6, 6.07) is 23.6. The maximum atomic E-state index is 12.7. The van der Waals surface area contributed by atoms with Gasteiger partial charge in [0.15, 0.2) is 0 Å². The molecule has 3 rings (SSSR count). The number of carbonyl (C=O) groups excluding carboxylic acids is 1. The number of nitrogens with zero attached hydrogens (tertiary/aromatic N) is 1. The Morgan fingerprint density at radius 2 is 1.53 bits per heavy atom. The lowest BCUT2D eigenvalue weighted by atomic mass is 9.96. The fraction of sp³-hybridized carbons (Fsp3) is 0.310. The lowest BCUT2D eigenvalue weighted by Gasteiger charge is -2.12. The zero-order chi connectivity index (χ0) is 22.9. The van der Waals surface area contributed by atoms with E-state index in [0.29, 0.717) is 22.8 Å². The van der Waals surface area contributed by atoms with Gasteiger partial charge in [0.05, 0.1) is 11.1 Å². The summed E-state index contributed by atoms with van der Waals surface area (Å²) in [6.07, 6.45) is 5.42. The molecule has 0 bridgehead atoms. The summed E-state index contributed by atoms with van der Waals surface area (Å²) in [4.78, 5) is 12.7. The third kappa shape index (κ3) is 6.08. The average Bonchev–Trinajstić information content (AvgIpc) is 2.81. The highest BCUT2D eigenvalue weighted by Gasteiger charge is 2.14. The van der Waals surface area contributed by atoms with Gasteiger partial charge in [-0.05, 0) is 65.3 Å². The van der Waals surface area contributed by atoms with E-state index in [0.717, 1.165) is 48.8 Å². The van der Waals surface area contributed by atoms with Gasteiger partial charge >= 0.3 is 5.97 Å². The number of aryl methyl sites for hydroxylation is 1. The summed E-state index contributed by atoms with van der Waals surface area (Å²) in [5, 5.41) is 9.54. The van der Waals surface area contributed by atoms with Crippen LogP contribution in [0.15, 0.2) is 66.7 Å². The average molecular weight is 426 g/mol. The number of hydrogen-bond acceptors (Lipinski definition) is 3. The molecule has 1 unspecified atom stereocenters. The maximum absolute atomic E-state index is 12.7. The Labute approximate surface area is 191 Å². The maximum Gasteiger partial charge on any atom is 0.343 e. The van der Waals surface area contributed by atoms with Crippen molar-refractivity contribution in [3.63, 3.8) is 0 Å². The van der Waals surface area contributed by atoms with Crippen LogP contribution in [-0.2, 0) is 12.8 Å². The molecular formula is C29H31NO2. The number of hydrogen-bond donors (Lipinski definition) is 0. The van der Waals surface area contributed by atoms with Gasteiger partial charge in [-0.15, -0.1) is 0 Å². The summed E-state index contributed by atoms with van der Waals surface area (Å²) < 4.78 is 5.56. The van der Waals surface area contributed by atoms with Crippen LogP contribution in [0.25, 0.3) is 11.1 Å². The second kappa shape index (κ2) is 11.3. The molecule has 0 aliphatic carbocycles. The minimum Gasteiger partial charge on any atom is -0.422 e. The van der Waals surface area contributed by atoms with Crippen LogP contribution in [0.1, 0.15) is 67.1 Å². The first-order chi connectivity index (χ1) is 15.5. The molecule has 32 heavy (non-hydrogen) atoms. The van der Waals surface area contributed by atoms with E-state index >= 15 is 0 Å². The van der Waals surface area contributed by atoms with Crippen LogP contribution < -0.4 is 4.74 Å². The Morgan fingerprint density at radius 3 is 2.12 bits per heavy atom. The molecule has 1 atom stereocenters. The second-order valence-electron chi connectivity index (χ2n) is 8.45. The van der Waals surface area contributed by atoms with Crippen LogP contribution in [0.2, 0.25) is 0 Å². The van der Waals surface area contributed by atoms with Crippen molar-refractivity contribution in [1.29, 1.82) is 5.26 Å². The third-order valence-electron chi connectivity index (χ3n) is 5.68. The molecule has 0 fully saturated rings. The van der Waals surface area contributed by atoms with E-state index in [9.17, 15) is 10.1 Å². The van der Waals surface area contributed by atoms with Crippen LogP contribution in [0.4, 0.5) is 0 Å². The molecule has 3 heteroatoms. The highest BCUT2D eigenvalue weighted by molar-refractivity contribution is 5.92. The number of rotatable bonds is 9. The predicted octanol–water partition coefficient (Wildman–Crippen LogP) is 7.38. The molecule has 3 aromatic carbocycles. The van der Waals surface area contributed by atoms with Crippen molar-refractivity contribution in [1.82, 2.24) is 0 Å². The van der Waals surface area contributed by atoms with Gasteiger partial charge in [0.2, 0.25) is 0 Å². The summed E-state index contributed by atoms with van der Waals surface area (Å²) in [5.41, 5.74) is 5.44. The van der Waals surface area contributed by atoms with Gasteiger partial charge in [0.25, 0.3) is 0 Å². The Balaban J connectivity index is 1.69. The number of carbonyl (C=O) groups is 1. The topological polar surface area (TPSA) is 50.1 Å². The van der Waals surface area contributed by atoms with Crippen molar-refractivity contribution in [3.8, 4) is 22.9 Å². The van der Waals surface area contributed by atoms with E-state index in [1.54, 1.807) is 18.2 Å². The largest absolute Gasteiger partial charge is 0.422 e. The van der Waals surface area contributed by atoms with Crippen LogP contribution in [-0.4, -0.2) is 5.97 Å². The molecule has 0 saturated carbocycles. The Kier molecular flexibility index (Phi) is 8.22. The molecule has 0 radical (unpaired) electrons. The molecule has 0 amide bonds. The van der Waals surface area contributed by atoms with Crippen molar-refractivity contribution in [2.24, 2.45) is 5.92 Å². The standard InChI is InChI=1S/C29H31NO2/c1-4-6-21(3)18-23-10-17-28(27(19-23)20-30)32-29(31)26-15-13-25(14-16-26)24-11-8-22(7-5-2)9-12-24/h8-17,19,21H,4-7,18H2,1-3H3. The Morgan fingerprint density at radius 1 is 0.906 bits per heavy atom. The summed E-state index contributed by atoms with van der Waals surface area (Å²) in [6.45, 7) is 6.57. The number of esters is 1. The molecular weight excluding hydrogens is 394 g/mol. The lowest BCUT2D eigenvalue weighted by molar-refractivity contribution is 0.0734. The fourth-order valence-corrected chi connectivity index (χ4v) is 3.99. The number of benzene rings is 3. The Bertz CT molecular complexity index is 1080. The molecule has 0 aliphatic rings. The minimum atomic E-state index is -0.460. The SMILES string of the molecule is CCCc1ccc(-c2ccc(C(=O)Oc3ccc(CC(C)CCC)cc3C#N)cc2)cc1. The summed E-state index contributed by atoms with van der Waals surface area (Å²) >= 11 is 0. The van der Waals surface area contributed by atoms with Crippen LogP contribution in [0, 0.1) is 17.2 Å². The van der Waals surface area contributed by atoms with Gasteiger partial charge in [0.1, 0.15) is 11.8 Å². The highest BCUT2D eigenvalue weighted by Crippen LogP contribution is 2.25. The van der Waals surface area contributed by atoms with Gasteiger partial charge < -0.3 is 4.74 Å². The first kappa shape index (κ1) is 23.3. The molecule has 3 nitrogen and oxygen atoms in total. The number of ether oxygens (including phenoxy) is 1. The molecule has 0 aromatic heterocycles. The molecule has 3 aromatic rings. The second-order valence-corrected chi connectivity index (χ2v) is 8.45. The molecule has 0 saturated heterocycles. The lowest BCUT2D eigenvalue weighted by Crippen LogP contribution is -2.09. The van der Waals surface area contributed by atoms with Crippen molar-refractivity contribution < 1.29 is 9.53 Å². The van der Waals surface area contributed by atoms with E-state index in [-0.39, 0.29) is 0 Å². The van der Waals surface area contributed by atoms with Crippen LogP contribution in [0.5, 0.6) is 5.75 Å². The monoisotopic (exact) mass is 425 g/mol. The van der Waals surface area contributed by atoms with Gasteiger partial charge in [-0.2, -0.15) is 5.26 Å². The van der Waals surface area contributed by atoms with Crippen LogP contribution in [0.3, 0.4) is 0 Å². The highest BCUT2D eigenvalue weighted by atomic mass is 16.5. The molecule has 0 spiro atoms. The van der Waals surface area contributed by atoms with Crippen molar-refractivity contribution in [2.45, 2.75) is 52.9 Å². The van der Waals surface area contributed by atoms with E-state index in [4.69, 9.17) is 4.74 Å². The van der Waals surface area contributed by atoms with Gasteiger partial charge in [0, 0.05) is 0 Å². The summed E-state index contributed by atoms with van der Waals surface area (Å²) in [5.74, 6) is 0.403. The van der Waals surface area contributed by atoms with Crippen molar-refractivity contribution in [2.75, 3.05) is 0 Å². The zero-order valence-electron chi connectivity index (χ0n) is 19.2. The predicted molar refractivity (Wildman–Crippen MR) is 130 cm³/mol. The molecule has 0 aliphatic heterocycles. The van der Waals surface area contributed by atoms with E-state index in [1.165, 1.54) is 5.56 Å². The smallest absolute Gasteiger partial charge is 0.343 e. The van der Waals surface area contributed by atoms with Gasteiger partial charge in [-0.1, -0.05) is 82.5 Å².